The molecule has 146 valence electrons. The summed E-state index contributed by atoms with van der Waals surface area (Å²) in [6.45, 7) is 0.151. The van der Waals surface area contributed by atoms with Gasteiger partial charge in [0.2, 0.25) is 5.91 Å². The second-order valence-electron chi connectivity index (χ2n) is 6.53. The fourth-order valence-corrected chi connectivity index (χ4v) is 3.51. The highest BCUT2D eigenvalue weighted by molar-refractivity contribution is 6.32. The number of aromatic amines is 1. The molecule has 0 aliphatic heterocycles. The maximum atomic E-state index is 13.1. The summed E-state index contributed by atoms with van der Waals surface area (Å²) in [6, 6.07) is 11.5. The minimum atomic E-state index is -0.544. The Labute approximate surface area is 170 Å². The molecule has 0 fully saturated rings. The van der Waals surface area contributed by atoms with E-state index in [2.05, 4.69) is 15.2 Å². The Bertz CT molecular complexity index is 1280. The smallest absolute Gasteiger partial charge is 0.261 e. The van der Waals surface area contributed by atoms with Crippen LogP contribution < -0.4 is 17.0 Å². The minimum Gasteiger partial charge on any atom is -0.366 e. The predicted molar refractivity (Wildman–Crippen MR) is 111 cm³/mol. The normalized spacial score (nSPS) is 12.2. The highest BCUT2D eigenvalue weighted by atomic mass is 35.5. The van der Waals surface area contributed by atoms with Gasteiger partial charge in [-0.25, -0.2) is 4.98 Å². The van der Waals surface area contributed by atoms with E-state index < -0.39 is 11.9 Å². The van der Waals surface area contributed by atoms with Crippen LogP contribution in [-0.4, -0.2) is 32.2 Å². The summed E-state index contributed by atoms with van der Waals surface area (Å²) in [4.78, 5) is 29.0. The van der Waals surface area contributed by atoms with Crippen molar-refractivity contribution in [3.8, 4) is 11.1 Å². The van der Waals surface area contributed by atoms with E-state index in [1.807, 2.05) is 0 Å². The van der Waals surface area contributed by atoms with E-state index in [-0.39, 0.29) is 12.1 Å². The number of aromatic nitrogens is 4. The molecule has 29 heavy (non-hydrogen) atoms. The zero-order valence-electron chi connectivity index (χ0n) is 15.2. The standard InChI is InChI=1S/C20H17ClN6O2/c21-18-15(9-25-26-18)11-4-5-14-16(7-11)24-10-27(20(14)29)17(8-22)12-2-1-3-13(6-12)19(23)28/h1-7,9-10,17H,8,22H2,(H2,23,28)(H,25,26). The van der Waals surface area contributed by atoms with E-state index >= 15 is 0 Å². The number of carbonyl (C=O) groups is 1. The van der Waals surface area contributed by atoms with Gasteiger partial charge in [0.1, 0.15) is 5.15 Å². The highest BCUT2D eigenvalue weighted by Gasteiger charge is 2.17. The van der Waals surface area contributed by atoms with Gasteiger partial charge >= 0.3 is 0 Å². The van der Waals surface area contributed by atoms with Crippen molar-refractivity contribution in [2.45, 2.75) is 6.04 Å². The molecule has 2 aromatic heterocycles. The van der Waals surface area contributed by atoms with Gasteiger partial charge < -0.3 is 11.5 Å². The lowest BCUT2D eigenvalue weighted by Crippen LogP contribution is -2.31. The molecule has 0 aliphatic rings. The maximum Gasteiger partial charge on any atom is 0.261 e. The maximum absolute atomic E-state index is 13.1. The first-order valence-electron chi connectivity index (χ1n) is 8.79. The average Bonchev–Trinajstić information content (AvgIpc) is 3.16. The van der Waals surface area contributed by atoms with Crippen LogP contribution in [0, 0.1) is 0 Å². The van der Waals surface area contributed by atoms with Gasteiger partial charge in [-0.15, -0.1) is 0 Å². The Balaban J connectivity index is 1.81. The van der Waals surface area contributed by atoms with Crippen molar-refractivity contribution in [2.24, 2.45) is 11.5 Å². The number of nitrogens with zero attached hydrogens (tertiary/aromatic N) is 3. The van der Waals surface area contributed by atoms with Crippen LogP contribution in [0.5, 0.6) is 0 Å². The molecule has 0 radical (unpaired) electrons. The van der Waals surface area contributed by atoms with Crippen LogP contribution in [-0.2, 0) is 0 Å². The van der Waals surface area contributed by atoms with Gasteiger partial charge in [0.25, 0.3) is 5.56 Å². The van der Waals surface area contributed by atoms with Gasteiger partial charge in [-0.1, -0.05) is 29.8 Å². The molecule has 9 heteroatoms. The first-order valence-corrected chi connectivity index (χ1v) is 9.17. The minimum absolute atomic E-state index is 0.151. The molecule has 4 rings (SSSR count). The first-order chi connectivity index (χ1) is 14.0. The van der Waals surface area contributed by atoms with Gasteiger partial charge in [0.05, 0.1) is 29.5 Å². The number of fused-ring (bicyclic) bond motifs is 1. The Morgan fingerprint density at radius 1 is 1.24 bits per heavy atom. The molecule has 5 N–H and O–H groups in total. The molecule has 2 aromatic carbocycles. The van der Waals surface area contributed by atoms with E-state index in [4.69, 9.17) is 23.1 Å². The van der Waals surface area contributed by atoms with Crippen molar-refractivity contribution >= 4 is 28.4 Å². The number of halogens is 1. The largest absolute Gasteiger partial charge is 0.366 e. The monoisotopic (exact) mass is 408 g/mol. The van der Waals surface area contributed by atoms with Crippen molar-refractivity contribution in [3.63, 3.8) is 0 Å². The van der Waals surface area contributed by atoms with Gasteiger partial charge in [0.15, 0.2) is 0 Å². The predicted octanol–water partition coefficient (Wildman–Crippen LogP) is 2.09. The Hall–Kier alpha value is -3.49. The molecule has 1 amide bonds. The van der Waals surface area contributed by atoms with Gasteiger partial charge in [0, 0.05) is 17.7 Å². The summed E-state index contributed by atoms with van der Waals surface area (Å²) < 4.78 is 1.47. The number of H-pyrrole nitrogens is 1. The fourth-order valence-electron chi connectivity index (χ4n) is 3.31. The van der Waals surface area contributed by atoms with Crippen LogP contribution in [0.3, 0.4) is 0 Å². The summed E-state index contributed by atoms with van der Waals surface area (Å²) in [6.07, 6.45) is 3.07. The van der Waals surface area contributed by atoms with E-state index in [1.54, 1.807) is 48.7 Å². The van der Waals surface area contributed by atoms with Crippen LogP contribution in [0.25, 0.3) is 22.0 Å². The van der Waals surface area contributed by atoms with E-state index in [1.165, 1.54) is 10.9 Å². The van der Waals surface area contributed by atoms with E-state index in [0.29, 0.717) is 27.2 Å². The fraction of sp³-hybridized carbons (Fsp3) is 0.100. The lowest BCUT2D eigenvalue weighted by atomic mass is 10.0. The number of nitrogens with two attached hydrogens (primary N) is 2. The molecule has 0 saturated heterocycles. The molecular weight excluding hydrogens is 392 g/mol. The molecule has 1 unspecified atom stereocenters. The lowest BCUT2D eigenvalue weighted by molar-refractivity contribution is 0.1000. The zero-order valence-corrected chi connectivity index (χ0v) is 15.9. The third kappa shape index (κ3) is 3.39. The third-order valence-electron chi connectivity index (χ3n) is 4.80. The summed E-state index contributed by atoms with van der Waals surface area (Å²) in [5.74, 6) is -0.544. The number of hydrogen-bond donors (Lipinski definition) is 3. The second-order valence-corrected chi connectivity index (χ2v) is 6.91. The Kier molecular flexibility index (Phi) is 4.87. The average molecular weight is 409 g/mol. The van der Waals surface area contributed by atoms with Crippen molar-refractivity contribution in [2.75, 3.05) is 6.54 Å². The number of nitrogens with one attached hydrogen (secondary N) is 1. The quantitative estimate of drug-likeness (QED) is 0.465. The Morgan fingerprint density at radius 3 is 2.76 bits per heavy atom. The number of rotatable bonds is 5. The number of carbonyl (C=O) groups excluding carboxylic acids is 1. The summed E-state index contributed by atoms with van der Waals surface area (Å²) in [7, 11) is 0. The van der Waals surface area contributed by atoms with Crippen molar-refractivity contribution in [1.82, 2.24) is 19.7 Å². The van der Waals surface area contributed by atoms with Gasteiger partial charge in [-0.3, -0.25) is 19.3 Å². The number of amides is 1. The SMILES string of the molecule is NCC(c1cccc(C(N)=O)c1)n1cnc2cc(-c3cn[nH]c3Cl)ccc2c1=O. The number of benzene rings is 2. The van der Waals surface area contributed by atoms with Crippen LogP contribution in [0.2, 0.25) is 5.15 Å². The van der Waals surface area contributed by atoms with Gasteiger partial charge in [-0.2, -0.15) is 5.10 Å². The topological polar surface area (TPSA) is 133 Å². The van der Waals surface area contributed by atoms with Crippen molar-refractivity contribution < 1.29 is 4.79 Å². The third-order valence-corrected chi connectivity index (χ3v) is 5.09. The summed E-state index contributed by atoms with van der Waals surface area (Å²) >= 11 is 6.09. The Morgan fingerprint density at radius 2 is 2.07 bits per heavy atom. The molecule has 2 heterocycles. The molecule has 0 bridgehead atoms. The molecule has 0 saturated carbocycles. The van der Waals surface area contributed by atoms with Gasteiger partial charge in [-0.05, 0) is 35.4 Å². The first kappa shape index (κ1) is 18.9. The van der Waals surface area contributed by atoms with Crippen LogP contribution in [0.15, 0.2) is 59.8 Å². The summed E-state index contributed by atoms with van der Waals surface area (Å²) in [5, 5.41) is 7.44. The summed E-state index contributed by atoms with van der Waals surface area (Å²) in [5.41, 5.74) is 14.2. The molecule has 0 spiro atoms. The number of hydrogen-bond acceptors (Lipinski definition) is 5. The number of primary amides is 1. The lowest BCUT2D eigenvalue weighted by Gasteiger charge is -2.19. The highest BCUT2D eigenvalue weighted by Crippen LogP contribution is 2.27. The van der Waals surface area contributed by atoms with Crippen molar-refractivity contribution in [3.05, 3.63) is 81.6 Å². The molecular formula is C20H17ClN6O2. The van der Waals surface area contributed by atoms with E-state index in [9.17, 15) is 9.59 Å². The van der Waals surface area contributed by atoms with Crippen LogP contribution in [0.4, 0.5) is 0 Å². The molecule has 1 atom stereocenters. The van der Waals surface area contributed by atoms with E-state index in [0.717, 1.165) is 11.1 Å². The zero-order chi connectivity index (χ0) is 20.5. The van der Waals surface area contributed by atoms with Crippen LogP contribution >= 0.6 is 11.6 Å². The van der Waals surface area contributed by atoms with Crippen molar-refractivity contribution in [1.29, 1.82) is 0 Å². The van der Waals surface area contributed by atoms with Crippen LogP contribution in [0.1, 0.15) is 22.0 Å². The second kappa shape index (κ2) is 7.50. The molecule has 0 aliphatic carbocycles. The molecule has 4 aromatic rings. The molecule has 8 nitrogen and oxygen atoms in total.